The molecule has 1 nitrogen and oxygen atoms in total. The van der Waals surface area contributed by atoms with Crippen molar-refractivity contribution in [3.8, 4) is 0 Å². The number of rotatable bonds is 2. The lowest BCUT2D eigenvalue weighted by Crippen LogP contribution is -2.15. The monoisotopic (exact) mass is 325 g/mol. The third kappa shape index (κ3) is 2.69. The molecule has 0 aliphatic rings. The minimum absolute atomic E-state index is 0.161. The Hall–Kier alpha value is -1.26. The fourth-order valence-electron chi connectivity index (χ4n) is 1.98. The van der Waals surface area contributed by atoms with Crippen LogP contribution in [0.25, 0.3) is 0 Å². The largest absolute Gasteiger partial charge is 0.320 e. The molecule has 2 rings (SSSR count). The van der Waals surface area contributed by atoms with Crippen LogP contribution in [0.15, 0.2) is 34.8 Å². The Labute approximate surface area is 119 Å². The van der Waals surface area contributed by atoms with Crippen LogP contribution in [0, 0.1) is 25.5 Å². The van der Waals surface area contributed by atoms with Crippen molar-refractivity contribution in [2.45, 2.75) is 19.9 Å². The molecule has 0 fully saturated rings. The topological polar surface area (TPSA) is 26.0 Å². The highest BCUT2D eigenvalue weighted by Crippen LogP contribution is 2.31. The zero-order valence-electron chi connectivity index (χ0n) is 10.7. The number of benzene rings is 2. The van der Waals surface area contributed by atoms with Gasteiger partial charge in [0.15, 0.2) is 0 Å². The normalized spacial score (nSPS) is 12.5. The molecule has 2 aromatic carbocycles. The van der Waals surface area contributed by atoms with E-state index in [4.69, 9.17) is 5.73 Å². The van der Waals surface area contributed by atoms with Gasteiger partial charge in [0.25, 0.3) is 0 Å². The molecule has 0 amide bonds. The van der Waals surface area contributed by atoms with E-state index in [-0.39, 0.29) is 11.1 Å². The molecule has 2 N–H and O–H groups in total. The number of hydrogen-bond acceptors (Lipinski definition) is 1. The number of halogens is 3. The van der Waals surface area contributed by atoms with E-state index < -0.39 is 17.7 Å². The van der Waals surface area contributed by atoms with E-state index in [1.807, 2.05) is 19.1 Å². The van der Waals surface area contributed by atoms with Crippen LogP contribution in [-0.2, 0) is 0 Å². The highest BCUT2D eigenvalue weighted by atomic mass is 79.9. The van der Waals surface area contributed by atoms with E-state index in [0.29, 0.717) is 0 Å². The summed E-state index contributed by atoms with van der Waals surface area (Å²) in [6, 6.07) is 7.21. The van der Waals surface area contributed by atoms with E-state index in [2.05, 4.69) is 15.9 Å². The Morgan fingerprint density at radius 2 is 1.68 bits per heavy atom. The van der Waals surface area contributed by atoms with Crippen LogP contribution in [0.2, 0.25) is 0 Å². The zero-order valence-corrected chi connectivity index (χ0v) is 12.3. The molecule has 2 aromatic rings. The van der Waals surface area contributed by atoms with Crippen molar-refractivity contribution < 1.29 is 8.78 Å². The van der Waals surface area contributed by atoms with E-state index in [1.54, 1.807) is 6.07 Å². The summed E-state index contributed by atoms with van der Waals surface area (Å²) in [5.74, 6) is -0.935. The van der Waals surface area contributed by atoms with Gasteiger partial charge in [-0.1, -0.05) is 34.1 Å². The summed E-state index contributed by atoms with van der Waals surface area (Å²) in [5, 5.41) is 0. The average molecular weight is 326 g/mol. The van der Waals surface area contributed by atoms with Gasteiger partial charge in [0, 0.05) is 10.0 Å². The van der Waals surface area contributed by atoms with Crippen LogP contribution in [0.3, 0.4) is 0 Å². The average Bonchev–Trinajstić information content (AvgIpc) is 2.36. The van der Waals surface area contributed by atoms with E-state index in [0.717, 1.165) is 15.6 Å². The summed E-state index contributed by atoms with van der Waals surface area (Å²) < 4.78 is 28.3. The molecule has 19 heavy (non-hydrogen) atoms. The predicted octanol–water partition coefficient (Wildman–Crippen LogP) is 4.39. The maximum absolute atomic E-state index is 13.9. The van der Waals surface area contributed by atoms with Crippen LogP contribution in [0.4, 0.5) is 8.78 Å². The molecule has 0 aliphatic heterocycles. The molecule has 100 valence electrons. The summed E-state index contributed by atoms with van der Waals surface area (Å²) in [4.78, 5) is 0. The van der Waals surface area contributed by atoms with Crippen molar-refractivity contribution >= 4 is 15.9 Å². The van der Waals surface area contributed by atoms with Crippen LogP contribution in [0.5, 0.6) is 0 Å². The molecule has 4 heteroatoms. The van der Waals surface area contributed by atoms with Gasteiger partial charge in [0.05, 0.1) is 6.04 Å². The first kappa shape index (κ1) is 14.2. The number of hydrogen-bond donors (Lipinski definition) is 1. The maximum Gasteiger partial charge on any atom is 0.128 e. The summed E-state index contributed by atoms with van der Waals surface area (Å²) in [7, 11) is 0. The fraction of sp³-hybridized carbons (Fsp3) is 0.200. The zero-order chi connectivity index (χ0) is 14.2. The van der Waals surface area contributed by atoms with Gasteiger partial charge < -0.3 is 5.73 Å². The highest BCUT2D eigenvalue weighted by molar-refractivity contribution is 9.10. The minimum atomic E-state index is -0.704. The Bertz CT molecular complexity index is 626. The third-order valence-electron chi connectivity index (χ3n) is 3.17. The Morgan fingerprint density at radius 1 is 1.00 bits per heavy atom. The Balaban J connectivity index is 2.53. The van der Waals surface area contributed by atoms with Crippen molar-refractivity contribution in [1.29, 1.82) is 0 Å². The van der Waals surface area contributed by atoms with Gasteiger partial charge >= 0.3 is 0 Å². The van der Waals surface area contributed by atoms with Gasteiger partial charge in [-0.25, -0.2) is 8.78 Å². The second-order valence-electron chi connectivity index (χ2n) is 4.58. The minimum Gasteiger partial charge on any atom is -0.320 e. The molecule has 1 unspecified atom stereocenters. The van der Waals surface area contributed by atoms with Gasteiger partial charge in [-0.3, -0.25) is 0 Å². The van der Waals surface area contributed by atoms with Gasteiger partial charge in [0.1, 0.15) is 11.6 Å². The maximum atomic E-state index is 13.9. The van der Waals surface area contributed by atoms with Crippen LogP contribution in [-0.4, -0.2) is 0 Å². The van der Waals surface area contributed by atoms with Crippen LogP contribution < -0.4 is 5.73 Å². The first-order chi connectivity index (χ1) is 8.91. The molecule has 0 aliphatic carbocycles. The van der Waals surface area contributed by atoms with Crippen molar-refractivity contribution in [3.05, 3.63) is 68.7 Å². The van der Waals surface area contributed by atoms with Gasteiger partial charge in [0.2, 0.25) is 0 Å². The van der Waals surface area contributed by atoms with Gasteiger partial charge in [-0.15, -0.1) is 0 Å². The van der Waals surface area contributed by atoms with Gasteiger partial charge in [-0.05, 0) is 42.7 Å². The van der Waals surface area contributed by atoms with E-state index >= 15 is 0 Å². The second-order valence-corrected chi connectivity index (χ2v) is 5.37. The Morgan fingerprint density at radius 3 is 2.37 bits per heavy atom. The standard InChI is InChI=1S/C15H14BrF2N/c1-8-4-3-5-10(14(8)16)15(19)11-7-12(17)9(2)6-13(11)18/h3-7,15H,19H2,1-2H3. The van der Waals surface area contributed by atoms with E-state index in [1.165, 1.54) is 19.1 Å². The molecule has 0 radical (unpaired) electrons. The van der Waals surface area contributed by atoms with Crippen LogP contribution >= 0.6 is 15.9 Å². The van der Waals surface area contributed by atoms with Crippen molar-refractivity contribution in [3.63, 3.8) is 0 Å². The predicted molar refractivity (Wildman–Crippen MR) is 76.0 cm³/mol. The lowest BCUT2D eigenvalue weighted by atomic mass is 9.96. The molecule has 0 heterocycles. The van der Waals surface area contributed by atoms with Crippen molar-refractivity contribution in [2.75, 3.05) is 0 Å². The third-order valence-corrected chi connectivity index (χ3v) is 4.25. The summed E-state index contributed by atoms with van der Waals surface area (Å²) in [6.07, 6.45) is 0. The Kier molecular flexibility index (Phi) is 4.02. The van der Waals surface area contributed by atoms with Crippen molar-refractivity contribution in [2.24, 2.45) is 5.73 Å². The number of nitrogens with two attached hydrogens (primary N) is 1. The van der Waals surface area contributed by atoms with Crippen LogP contribution in [0.1, 0.15) is 28.3 Å². The lowest BCUT2D eigenvalue weighted by molar-refractivity contribution is 0.570. The molecule has 1 atom stereocenters. The molecule has 0 spiro atoms. The molecule has 0 bridgehead atoms. The lowest BCUT2D eigenvalue weighted by Gasteiger charge is -2.17. The smallest absolute Gasteiger partial charge is 0.128 e. The highest BCUT2D eigenvalue weighted by Gasteiger charge is 2.18. The molecular formula is C15H14BrF2N. The van der Waals surface area contributed by atoms with Gasteiger partial charge in [-0.2, -0.15) is 0 Å². The first-order valence-electron chi connectivity index (χ1n) is 5.88. The quantitative estimate of drug-likeness (QED) is 0.870. The fourth-order valence-corrected chi connectivity index (χ4v) is 2.49. The molecule has 0 saturated carbocycles. The summed E-state index contributed by atoms with van der Waals surface area (Å²) >= 11 is 3.44. The molecule has 0 aromatic heterocycles. The SMILES string of the molecule is Cc1cc(F)c(C(N)c2cccc(C)c2Br)cc1F. The number of aryl methyl sites for hydroxylation is 2. The summed E-state index contributed by atoms with van der Waals surface area (Å²) in [6.45, 7) is 3.45. The van der Waals surface area contributed by atoms with E-state index in [9.17, 15) is 8.78 Å². The van der Waals surface area contributed by atoms with Crippen molar-refractivity contribution in [1.82, 2.24) is 0 Å². The molecular weight excluding hydrogens is 312 g/mol. The summed E-state index contributed by atoms with van der Waals surface area (Å²) in [5.41, 5.74) is 8.24. The molecule has 0 saturated heterocycles. The second kappa shape index (κ2) is 5.39. The first-order valence-corrected chi connectivity index (χ1v) is 6.67.